The molecule has 0 spiro atoms. The Labute approximate surface area is 214 Å². The van der Waals surface area contributed by atoms with Gasteiger partial charge in [0.25, 0.3) is 0 Å². The third kappa shape index (κ3) is 4.24. The first kappa shape index (κ1) is 21.1. The number of hydrogen-bond donors (Lipinski definition) is 0. The molecule has 1 aliphatic carbocycles. The first-order valence-corrected chi connectivity index (χ1v) is 12.6. The molecule has 36 heavy (non-hydrogen) atoms. The summed E-state index contributed by atoms with van der Waals surface area (Å²) >= 11 is 0. The maximum Gasteiger partial charge on any atom is 0.234 e. The molecular weight excluding hydrogens is 456 g/mol. The molecule has 0 radical (unpaired) electrons. The third-order valence-corrected chi connectivity index (χ3v) is 7.00. The van der Waals surface area contributed by atoms with E-state index < -0.39 is 12.5 Å². The second kappa shape index (κ2) is 8.25. The van der Waals surface area contributed by atoms with E-state index in [0.29, 0.717) is 24.6 Å². The molecule has 3 aromatic rings. The Kier molecular flexibility index (Phi) is 4.83. The maximum absolute atomic E-state index is 13.5. The predicted molar refractivity (Wildman–Crippen MR) is 138 cm³/mol. The van der Waals surface area contributed by atoms with Crippen molar-refractivity contribution in [2.45, 2.75) is 71.3 Å². The quantitative estimate of drug-likeness (QED) is 0.444. The van der Waals surface area contributed by atoms with E-state index in [-0.39, 0.29) is 29.1 Å². The Morgan fingerprint density at radius 1 is 1.08 bits per heavy atom. The summed E-state index contributed by atoms with van der Waals surface area (Å²) in [7, 11) is 0. The van der Waals surface area contributed by atoms with Gasteiger partial charge in [-0.2, -0.15) is 0 Å². The van der Waals surface area contributed by atoms with E-state index in [1.165, 1.54) is 5.69 Å². The van der Waals surface area contributed by atoms with Crippen molar-refractivity contribution in [3.63, 3.8) is 0 Å². The monoisotopic (exact) mass is 492 g/mol. The molecule has 1 aromatic heterocycles. The fourth-order valence-corrected chi connectivity index (χ4v) is 5.10. The Balaban J connectivity index is 1.41. The summed E-state index contributed by atoms with van der Waals surface area (Å²) in [6.07, 6.45) is 1.69. The molecule has 1 saturated heterocycles. The highest BCUT2D eigenvalue weighted by Crippen LogP contribution is 2.42. The zero-order valence-electron chi connectivity index (χ0n) is 23.5. The second-order valence-electron chi connectivity index (χ2n) is 11.5. The molecule has 2 aliphatic heterocycles. The number of nitrogens with zero attached hydrogens (tertiary/aromatic N) is 2. The molecule has 3 heterocycles. The van der Waals surface area contributed by atoms with E-state index in [9.17, 15) is 4.79 Å². The van der Waals surface area contributed by atoms with Gasteiger partial charge >= 0.3 is 0 Å². The number of fused-ring (bicyclic) bond motifs is 2. The fraction of sp³-hybridized carbons (Fsp3) is 0.483. The van der Waals surface area contributed by atoms with Gasteiger partial charge < -0.3 is 23.5 Å². The Morgan fingerprint density at radius 3 is 2.50 bits per heavy atom. The Bertz CT molecular complexity index is 1420. The number of carbonyl (C=O) groups is 1. The first-order valence-electron chi connectivity index (χ1n) is 13.6. The molecule has 0 N–H and O–H groups in total. The van der Waals surface area contributed by atoms with Crippen LogP contribution in [0.4, 0.5) is 11.4 Å². The normalized spacial score (nSPS) is 23.0. The van der Waals surface area contributed by atoms with Gasteiger partial charge in [-0.3, -0.25) is 9.69 Å². The van der Waals surface area contributed by atoms with Crippen LogP contribution in [0.25, 0.3) is 10.9 Å². The summed E-state index contributed by atoms with van der Waals surface area (Å²) in [6, 6.07) is 13.4. The molecular formula is C29H34N2O5. The summed E-state index contributed by atoms with van der Waals surface area (Å²) in [5.41, 5.74) is 3.53. The van der Waals surface area contributed by atoms with Gasteiger partial charge in [0.1, 0.15) is 8.85 Å². The Morgan fingerprint density at radius 2 is 1.81 bits per heavy atom. The van der Waals surface area contributed by atoms with Gasteiger partial charge in [0.15, 0.2) is 17.3 Å². The smallest absolute Gasteiger partial charge is 0.234 e. The van der Waals surface area contributed by atoms with E-state index in [1.54, 1.807) is 23.1 Å². The number of aromatic nitrogens is 1. The van der Waals surface area contributed by atoms with Gasteiger partial charge in [-0.25, -0.2) is 0 Å². The van der Waals surface area contributed by atoms with Gasteiger partial charge in [0.2, 0.25) is 12.7 Å². The summed E-state index contributed by atoms with van der Waals surface area (Å²) in [4.78, 5) is 15.3. The zero-order valence-corrected chi connectivity index (χ0v) is 21.5. The third-order valence-electron chi connectivity index (χ3n) is 7.00. The highest BCUT2D eigenvalue weighted by atomic mass is 16.7. The number of rotatable bonds is 5. The van der Waals surface area contributed by atoms with Crippen LogP contribution in [0.2, 0.25) is 0 Å². The number of amides is 1. The van der Waals surface area contributed by atoms with Crippen molar-refractivity contribution in [2.24, 2.45) is 5.92 Å². The molecule has 1 atom stereocenters. The van der Waals surface area contributed by atoms with Crippen molar-refractivity contribution in [1.29, 1.82) is 0 Å². The van der Waals surface area contributed by atoms with E-state index in [4.69, 9.17) is 21.7 Å². The van der Waals surface area contributed by atoms with Crippen molar-refractivity contribution >= 4 is 28.2 Å². The van der Waals surface area contributed by atoms with Gasteiger partial charge in [-0.15, -0.1) is 0 Å². The summed E-state index contributed by atoms with van der Waals surface area (Å²) in [5.74, 6) is 0.0307. The number of carbonyl (C=O) groups excluding carboxylic acids is 1. The van der Waals surface area contributed by atoms with E-state index in [1.807, 2.05) is 19.9 Å². The van der Waals surface area contributed by atoms with E-state index >= 15 is 0 Å². The van der Waals surface area contributed by atoms with Crippen molar-refractivity contribution in [3.8, 4) is 11.5 Å². The maximum atomic E-state index is 13.5. The number of benzene rings is 2. The topological polar surface area (TPSA) is 62.2 Å². The van der Waals surface area contributed by atoms with Crippen LogP contribution in [0, 0.1) is 5.92 Å². The predicted octanol–water partition coefficient (Wildman–Crippen LogP) is 5.89. The molecule has 7 heteroatoms. The minimum atomic E-state index is -2.22. The number of anilines is 2. The van der Waals surface area contributed by atoms with Crippen LogP contribution in [0.5, 0.6) is 11.5 Å². The SMILES string of the molecule is [2H]C1([2H])Oc2ccc(N(C(=O)C3CC3)c3ccc4c(c3)cc(C(C)(C)C)n4C[C@@H]3COC(C)(C)O3)cc2O1. The molecule has 2 fully saturated rings. The van der Waals surface area contributed by atoms with Gasteiger partial charge in [-0.1, -0.05) is 20.8 Å². The van der Waals surface area contributed by atoms with Crippen LogP contribution in [0.3, 0.4) is 0 Å². The van der Waals surface area contributed by atoms with Gasteiger partial charge in [-0.05, 0) is 63.1 Å². The molecule has 7 nitrogen and oxygen atoms in total. The minimum Gasteiger partial charge on any atom is -0.454 e. The van der Waals surface area contributed by atoms with Crippen LogP contribution in [0.1, 0.15) is 55.9 Å². The zero-order chi connectivity index (χ0) is 27.0. The first-order chi connectivity index (χ1) is 17.8. The van der Waals surface area contributed by atoms with Crippen LogP contribution in [0.15, 0.2) is 42.5 Å². The van der Waals surface area contributed by atoms with Crippen LogP contribution in [-0.2, 0) is 26.2 Å². The number of hydrogen-bond acceptors (Lipinski definition) is 5. The van der Waals surface area contributed by atoms with Gasteiger partial charge in [0.05, 0.1) is 18.8 Å². The van der Waals surface area contributed by atoms with Crippen molar-refractivity contribution in [1.82, 2.24) is 4.57 Å². The standard InChI is InChI=1S/C29H34N2O5/c1-28(2,3)26-13-19-12-20(8-10-23(19)30(26)15-22-16-35-29(4,5)36-22)31(27(32)18-6-7-18)21-9-11-24-25(14-21)34-17-33-24/h8-14,18,22H,6-7,15-17H2,1-5H3/t22-/m1/s1/i17D2. The molecule has 0 unspecified atom stereocenters. The molecule has 1 saturated carbocycles. The second-order valence-corrected chi connectivity index (χ2v) is 11.5. The molecule has 0 bridgehead atoms. The van der Waals surface area contributed by atoms with Gasteiger partial charge in [0, 0.05) is 39.7 Å². The molecule has 6 rings (SSSR count). The molecule has 2 aromatic carbocycles. The average molecular weight is 493 g/mol. The number of ether oxygens (including phenoxy) is 4. The summed E-state index contributed by atoms with van der Waals surface area (Å²) in [5, 5.41) is 1.04. The van der Waals surface area contributed by atoms with Crippen LogP contribution < -0.4 is 14.4 Å². The summed E-state index contributed by atoms with van der Waals surface area (Å²) in [6.45, 7) is 9.46. The van der Waals surface area contributed by atoms with Crippen molar-refractivity contribution in [3.05, 3.63) is 48.2 Å². The molecule has 190 valence electrons. The van der Waals surface area contributed by atoms with Crippen molar-refractivity contribution < 1.29 is 26.5 Å². The fourth-order valence-electron chi connectivity index (χ4n) is 5.10. The summed E-state index contributed by atoms with van der Waals surface area (Å²) < 4.78 is 40.3. The molecule has 3 aliphatic rings. The Hall–Kier alpha value is -3.03. The molecule has 1 amide bonds. The lowest BCUT2D eigenvalue weighted by molar-refractivity contribution is -0.139. The highest BCUT2D eigenvalue weighted by molar-refractivity contribution is 6.04. The van der Waals surface area contributed by atoms with Crippen LogP contribution >= 0.6 is 0 Å². The lowest BCUT2D eigenvalue weighted by Crippen LogP contribution is -2.27. The average Bonchev–Trinajstić information content (AvgIpc) is 3.42. The van der Waals surface area contributed by atoms with E-state index in [0.717, 1.165) is 29.4 Å². The van der Waals surface area contributed by atoms with Crippen LogP contribution in [-0.4, -0.2) is 35.7 Å². The lowest BCUT2D eigenvalue weighted by atomic mass is 9.92. The van der Waals surface area contributed by atoms with E-state index in [2.05, 4.69) is 43.5 Å². The largest absolute Gasteiger partial charge is 0.454 e. The highest BCUT2D eigenvalue weighted by Gasteiger charge is 2.36. The minimum absolute atomic E-state index is 0.0137. The van der Waals surface area contributed by atoms with Crippen molar-refractivity contribution in [2.75, 3.05) is 18.3 Å². The lowest BCUT2D eigenvalue weighted by Gasteiger charge is -2.25.